The van der Waals surface area contributed by atoms with E-state index in [1.54, 1.807) is 6.92 Å². The van der Waals surface area contributed by atoms with Crippen molar-refractivity contribution in [3.63, 3.8) is 0 Å². The molecule has 0 saturated heterocycles. The Bertz CT molecular complexity index is 84.1. The first-order valence-electron chi connectivity index (χ1n) is 2.15. The van der Waals surface area contributed by atoms with Crippen LogP contribution < -0.4 is 5.32 Å². The summed E-state index contributed by atoms with van der Waals surface area (Å²) < 4.78 is 22.5. The molecule has 0 aromatic rings. The Kier molecular flexibility index (Phi) is 3.60. The number of halogens is 2. The molecule has 48 valence electrons. The Morgan fingerprint density at radius 3 is 2.38 bits per heavy atom. The van der Waals surface area contributed by atoms with Crippen LogP contribution in [0.1, 0.15) is 6.92 Å². The SMILES string of the molecule is CC(=S)NCC(F)F. The number of hydrogen-bond acceptors (Lipinski definition) is 1. The average Bonchev–Trinajstić information content (AvgIpc) is 1.61. The highest BCUT2D eigenvalue weighted by atomic mass is 32.1. The van der Waals surface area contributed by atoms with Gasteiger partial charge >= 0.3 is 0 Å². The molecule has 0 atom stereocenters. The summed E-state index contributed by atoms with van der Waals surface area (Å²) in [7, 11) is 0. The number of rotatable bonds is 2. The van der Waals surface area contributed by atoms with E-state index in [0.717, 1.165) is 0 Å². The van der Waals surface area contributed by atoms with Crippen molar-refractivity contribution >= 4 is 17.2 Å². The highest BCUT2D eigenvalue weighted by Crippen LogP contribution is 1.86. The van der Waals surface area contributed by atoms with Gasteiger partial charge in [-0.2, -0.15) is 0 Å². The van der Waals surface area contributed by atoms with Crippen molar-refractivity contribution in [2.24, 2.45) is 0 Å². The molecule has 0 unspecified atom stereocenters. The second-order valence-electron chi connectivity index (χ2n) is 1.33. The van der Waals surface area contributed by atoms with Crippen molar-refractivity contribution in [2.45, 2.75) is 13.3 Å². The monoisotopic (exact) mass is 139 g/mol. The number of hydrogen-bond donors (Lipinski definition) is 1. The molecule has 1 N–H and O–H groups in total. The Morgan fingerprint density at radius 1 is 1.75 bits per heavy atom. The molecule has 0 aliphatic heterocycles. The van der Waals surface area contributed by atoms with Crippen LogP contribution in [0.25, 0.3) is 0 Å². The van der Waals surface area contributed by atoms with Crippen LogP contribution in [-0.4, -0.2) is 18.0 Å². The predicted octanol–water partition coefficient (Wildman–Crippen LogP) is 1.19. The lowest BCUT2D eigenvalue weighted by molar-refractivity contribution is 0.152. The van der Waals surface area contributed by atoms with Gasteiger partial charge in [0, 0.05) is 0 Å². The van der Waals surface area contributed by atoms with Gasteiger partial charge in [-0.15, -0.1) is 0 Å². The molecule has 0 saturated carbocycles. The second kappa shape index (κ2) is 3.72. The maximum absolute atomic E-state index is 11.3. The molecule has 0 aromatic heterocycles. The summed E-state index contributed by atoms with van der Waals surface area (Å²) in [5.41, 5.74) is 0. The Morgan fingerprint density at radius 2 is 2.25 bits per heavy atom. The van der Waals surface area contributed by atoms with Crippen LogP contribution in [0.3, 0.4) is 0 Å². The molecule has 0 aliphatic carbocycles. The molecule has 0 aliphatic rings. The first kappa shape index (κ1) is 7.75. The van der Waals surface area contributed by atoms with Gasteiger partial charge in [-0.05, 0) is 6.92 Å². The lowest BCUT2D eigenvalue weighted by Crippen LogP contribution is -2.24. The Balaban J connectivity index is 3.05. The third kappa shape index (κ3) is 5.75. The highest BCUT2D eigenvalue weighted by Gasteiger charge is 1.98. The molecule has 0 fully saturated rings. The summed E-state index contributed by atoms with van der Waals surface area (Å²) in [5.74, 6) is 0. The van der Waals surface area contributed by atoms with Crippen molar-refractivity contribution in [1.82, 2.24) is 5.32 Å². The third-order valence-corrected chi connectivity index (χ3v) is 0.650. The number of nitrogens with one attached hydrogen (secondary N) is 1. The van der Waals surface area contributed by atoms with E-state index in [1.165, 1.54) is 0 Å². The second-order valence-corrected chi connectivity index (χ2v) is 1.94. The summed E-state index contributed by atoms with van der Waals surface area (Å²) in [5, 5.41) is 2.33. The normalized spacial score (nSPS) is 9.50. The van der Waals surface area contributed by atoms with E-state index < -0.39 is 6.43 Å². The van der Waals surface area contributed by atoms with E-state index in [9.17, 15) is 8.78 Å². The Hall–Kier alpha value is -0.250. The van der Waals surface area contributed by atoms with Crippen LogP contribution in [-0.2, 0) is 0 Å². The van der Waals surface area contributed by atoms with Crippen LogP contribution in [0.2, 0.25) is 0 Å². The largest absolute Gasteiger partial charge is 0.374 e. The molecule has 0 aromatic carbocycles. The number of thiocarbonyl (C=S) groups is 1. The topological polar surface area (TPSA) is 12.0 Å². The van der Waals surface area contributed by atoms with Crippen molar-refractivity contribution in [2.75, 3.05) is 6.54 Å². The maximum atomic E-state index is 11.3. The van der Waals surface area contributed by atoms with Crippen molar-refractivity contribution < 1.29 is 8.78 Å². The lowest BCUT2D eigenvalue weighted by Gasteiger charge is -1.99. The lowest BCUT2D eigenvalue weighted by atomic mass is 10.6. The van der Waals surface area contributed by atoms with Gasteiger partial charge in [0.2, 0.25) is 0 Å². The van der Waals surface area contributed by atoms with Crippen LogP contribution >= 0.6 is 12.2 Å². The molecule has 0 rings (SSSR count). The smallest absolute Gasteiger partial charge is 0.255 e. The van der Waals surface area contributed by atoms with Crippen LogP contribution in [0.5, 0.6) is 0 Å². The number of alkyl halides is 2. The standard InChI is InChI=1S/C4H7F2NS/c1-3(8)7-2-4(5)6/h4H,2H2,1H3,(H,7,8). The van der Waals surface area contributed by atoms with Crippen molar-refractivity contribution in [1.29, 1.82) is 0 Å². The van der Waals surface area contributed by atoms with E-state index in [2.05, 4.69) is 17.5 Å². The summed E-state index contributed by atoms with van der Waals surface area (Å²) in [4.78, 5) is 0.408. The van der Waals surface area contributed by atoms with Gasteiger partial charge in [0.25, 0.3) is 6.43 Å². The van der Waals surface area contributed by atoms with Gasteiger partial charge in [-0.1, -0.05) is 12.2 Å². The summed E-state index contributed by atoms with van der Waals surface area (Å²) >= 11 is 4.47. The quantitative estimate of drug-likeness (QED) is 0.577. The predicted molar refractivity (Wildman–Crippen MR) is 32.3 cm³/mol. The van der Waals surface area contributed by atoms with Gasteiger partial charge < -0.3 is 5.32 Å². The molecule has 0 bridgehead atoms. The minimum atomic E-state index is -2.31. The van der Waals surface area contributed by atoms with Crippen LogP contribution in [0.15, 0.2) is 0 Å². The van der Waals surface area contributed by atoms with Crippen molar-refractivity contribution in [3.05, 3.63) is 0 Å². The average molecular weight is 139 g/mol. The van der Waals surface area contributed by atoms with Crippen LogP contribution in [0, 0.1) is 0 Å². The zero-order valence-electron chi connectivity index (χ0n) is 4.45. The summed E-state index contributed by atoms with van der Waals surface area (Å²) in [6.07, 6.45) is -2.31. The molecular formula is C4H7F2NS. The molecule has 0 amide bonds. The van der Waals surface area contributed by atoms with Gasteiger partial charge in [0.15, 0.2) is 0 Å². The first-order valence-corrected chi connectivity index (χ1v) is 2.56. The van der Waals surface area contributed by atoms with E-state index in [1.807, 2.05) is 0 Å². The maximum Gasteiger partial charge on any atom is 0.255 e. The fourth-order valence-electron chi connectivity index (χ4n) is 0.221. The van der Waals surface area contributed by atoms with Gasteiger partial charge in [-0.25, -0.2) is 8.78 Å². The van der Waals surface area contributed by atoms with E-state index in [-0.39, 0.29) is 6.54 Å². The minimum Gasteiger partial charge on any atom is -0.374 e. The van der Waals surface area contributed by atoms with E-state index in [4.69, 9.17) is 0 Å². The minimum absolute atomic E-state index is 0.338. The molecular weight excluding hydrogens is 132 g/mol. The van der Waals surface area contributed by atoms with Crippen molar-refractivity contribution in [3.8, 4) is 0 Å². The van der Waals surface area contributed by atoms with E-state index in [0.29, 0.717) is 4.99 Å². The van der Waals surface area contributed by atoms with Gasteiger partial charge in [0.1, 0.15) is 0 Å². The fraction of sp³-hybridized carbons (Fsp3) is 0.750. The van der Waals surface area contributed by atoms with Crippen LogP contribution in [0.4, 0.5) is 8.78 Å². The Labute approximate surface area is 52.1 Å². The fourth-order valence-corrected chi connectivity index (χ4v) is 0.304. The summed E-state index contributed by atoms with van der Waals surface area (Å²) in [6.45, 7) is 1.23. The summed E-state index contributed by atoms with van der Waals surface area (Å²) in [6, 6.07) is 0. The van der Waals surface area contributed by atoms with E-state index >= 15 is 0 Å². The third-order valence-electron chi connectivity index (χ3n) is 0.505. The molecule has 0 spiro atoms. The first-order chi connectivity index (χ1) is 3.63. The van der Waals surface area contributed by atoms with Gasteiger partial charge in [-0.3, -0.25) is 0 Å². The van der Waals surface area contributed by atoms with Gasteiger partial charge in [0.05, 0.1) is 11.5 Å². The molecule has 4 heteroatoms. The molecule has 8 heavy (non-hydrogen) atoms. The molecule has 1 nitrogen and oxygen atoms in total. The molecule has 0 heterocycles. The zero-order valence-corrected chi connectivity index (χ0v) is 5.27. The molecule has 0 radical (unpaired) electrons. The zero-order chi connectivity index (χ0) is 6.57. The highest BCUT2D eigenvalue weighted by molar-refractivity contribution is 7.80.